The molecule has 1 fully saturated rings. The quantitative estimate of drug-likeness (QED) is 0.388. The van der Waals surface area contributed by atoms with Gasteiger partial charge in [-0.15, -0.1) is 0 Å². The van der Waals surface area contributed by atoms with Gasteiger partial charge in [0.1, 0.15) is 22.9 Å². The molecule has 0 unspecified atom stereocenters. The van der Waals surface area contributed by atoms with Crippen LogP contribution >= 0.6 is 0 Å². The van der Waals surface area contributed by atoms with E-state index in [0.29, 0.717) is 11.7 Å². The van der Waals surface area contributed by atoms with E-state index in [4.69, 9.17) is 15.7 Å². The third-order valence-electron chi connectivity index (χ3n) is 6.71. The van der Waals surface area contributed by atoms with Crippen molar-refractivity contribution in [1.29, 1.82) is 0 Å². The highest BCUT2D eigenvalue weighted by molar-refractivity contribution is 5.92. The Labute approximate surface area is 187 Å². The summed E-state index contributed by atoms with van der Waals surface area (Å²) in [6.07, 6.45) is 6.08. The Kier molecular flexibility index (Phi) is 4.25. The largest absolute Gasteiger partial charge is 0.382 e. The van der Waals surface area contributed by atoms with E-state index in [2.05, 4.69) is 59.6 Å². The molecule has 2 aromatic carbocycles. The molecule has 5 aromatic rings. The van der Waals surface area contributed by atoms with Crippen molar-refractivity contribution in [3.63, 3.8) is 0 Å². The predicted octanol–water partition coefficient (Wildman–Crippen LogP) is 6.02. The van der Waals surface area contributed by atoms with Crippen LogP contribution in [0.1, 0.15) is 37.1 Å². The number of aromatic nitrogens is 4. The minimum Gasteiger partial charge on any atom is -0.382 e. The number of benzene rings is 2. The van der Waals surface area contributed by atoms with Crippen molar-refractivity contribution in [1.82, 2.24) is 19.4 Å². The summed E-state index contributed by atoms with van der Waals surface area (Å²) >= 11 is 0. The number of hydrogen-bond donors (Lipinski definition) is 1. The number of nitrogens with zero attached hydrogens (tertiary/aromatic N) is 4. The van der Waals surface area contributed by atoms with Crippen LogP contribution in [0.15, 0.2) is 67.0 Å². The van der Waals surface area contributed by atoms with Crippen LogP contribution in [-0.2, 0) is 0 Å². The average molecular weight is 420 g/mol. The lowest BCUT2D eigenvalue weighted by Crippen LogP contribution is -2.21. The fourth-order valence-corrected chi connectivity index (χ4v) is 5.00. The molecule has 0 atom stereocenters. The molecule has 1 aliphatic carbocycles. The normalized spacial score (nSPS) is 18.2. The Morgan fingerprint density at radius 1 is 0.969 bits per heavy atom. The van der Waals surface area contributed by atoms with Crippen LogP contribution in [0.4, 0.5) is 5.82 Å². The molecule has 0 amide bonds. The van der Waals surface area contributed by atoms with Crippen LogP contribution in [0.3, 0.4) is 0 Å². The Balaban J connectivity index is 1.54. The Bertz CT molecular complexity index is 1460. The second kappa shape index (κ2) is 7.16. The van der Waals surface area contributed by atoms with Crippen molar-refractivity contribution in [2.75, 3.05) is 5.73 Å². The summed E-state index contributed by atoms with van der Waals surface area (Å²) in [5, 5.41) is 1.15. The Morgan fingerprint density at radius 3 is 2.56 bits per heavy atom. The highest BCUT2D eigenvalue weighted by Crippen LogP contribution is 2.43. The van der Waals surface area contributed by atoms with Crippen LogP contribution in [0, 0.1) is 12.8 Å². The second-order valence-electron chi connectivity index (χ2n) is 9.05. The lowest BCUT2D eigenvalue weighted by Gasteiger charge is -2.31. The van der Waals surface area contributed by atoms with E-state index in [1.807, 2.05) is 24.4 Å². The van der Waals surface area contributed by atoms with Crippen molar-refractivity contribution < 1.29 is 0 Å². The molecular weight excluding hydrogens is 394 g/mol. The number of imidazole rings is 1. The first-order valence-corrected chi connectivity index (χ1v) is 11.2. The number of pyridine rings is 1. The van der Waals surface area contributed by atoms with Crippen molar-refractivity contribution in [3.8, 4) is 22.5 Å². The molecule has 0 saturated heterocycles. The van der Waals surface area contributed by atoms with Crippen LogP contribution < -0.4 is 5.73 Å². The molecule has 5 heteroatoms. The number of rotatable bonds is 3. The van der Waals surface area contributed by atoms with Crippen LogP contribution in [0.25, 0.3) is 38.9 Å². The highest BCUT2D eigenvalue weighted by Gasteiger charge is 2.31. The first kappa shape index (κ1) is 19.0. The topological polar surface area (TPSA) is 69.1 Å². The van der Waals surface area contributed by atoms with Crippen molar-refractivity contribution in [2.45, 2.75) is 32.6 Å². The summed E-state index contributed by atoms with van der Waals surface area (Å²) in [5.41, 5.74) is 13.4. The zero-order valence-corrected chi connectivity index (χ0v) is 18.3. The number of hydrogen-bond acceptors (Lipinski definition) is 4. The molecule has 1 saturated carbocycles. The van der Waals surface area contributed by atoms with Crippen LogP contribution in [0.2, 0.25) is 0 Å². The van der Waals surface area contributed by atoms with Gasteiger partial charge in [0, 0.05) is 34.8 Å². The van der Waals surface area contributed by atoms with Gasteiger partial charge in [-0.2, -0.15) is 0 Å². The summed E-state index contributed by atoms with van der Waals surface area (Å²) in [6.45, 7) is 4.44. The molecule has 1 aliphatic rings. The molecule has 3 aromatic heterocycles. The number of aryl methyl sites for hydroxylation is 1. The molecule has 5 nitrogen and oxygen atoms in total. The van der Waals surface area contributed by atoms with Gasteiger partial charge in [-0.05, 0) is 43.4 Å². The molecule has 2 N–H and O–H groups in total. The zero-order chi connectivity index (χ0) is 21.8. The lowest BCUT2D eigenvalue weighted by atomic mass is 9.76. The standard InChI is InChI=1S/C27H25N5/c1-16-12-20(13-16)27-31-24(25-26(28)29-10-11-32(25)27)19-8-9-21-17(2)14-22(30-23(21)15-19)18-6-4-3-5-7-18/h3-11,14-16,20H,12-13H2,1-2H3,(H2,28,29). The first-order chi connectivity index (χ1) is 15.6. The van der Waals surface area contributed by atoms with Gasteiger partial charge in [0.15, 0.2) is 0 Å². The van der Waals surface area contributed by atoms with Gasteiger partial charge in [-0.3, -0.25) is 4.40 Å². The van der Waals surface area contributed by atoms with Gasteiger partial charge in [0.05, 0.1) is 11.2 Å². The predicted molar refractivity (Wildman–Crippen MR) is 129 cm³/mol. The molecule has 0 aliphatic heterocycles. The molecular formula is C27H25N5. The maximum atomic E-state index is 6.34. The van der Waals surface area contributed by atoms with Crippen LogP contribution in [0.5, 0.6) is 0 Å². The van der Waals surface area contributed by atoms with E-state index in [1.54, 1.807) is 6.20 Å². The summed E-state index contributed by atoms with van der Waals surface area (Å²) in [4.78, 5) is 14.5. The van der Waals surface area contributed by atoms with Gasteiger partial charge >= 0.3 is 0 Å². The third-order valence-corrected chi connectivity index (χ3v) is 6.71. The van der Waals surface area contributed by atoms with Crippen molar-refractivity contribution in [3.05, 3.63) is 78.4 Å². The van der Waals surface area contributed by atoms with E-state index >= 15 is 0 Å². The number of fused-ring (bicyclic) bond motifs is 2. The van der Waals surface area contributed by atoms with Gasteiger partial charge in [-0.25, -0.2) is 15.0 Å². The Hall–Kier alpha value is -3.73. The molecule has 0 bridgehead atoms. The monoisotopic (exact) mass is 419 g/mol. The maximum Gasteiger partial charge on any atom is 0.150 e. The van der Waals surface area contributed by atoms with E-state index in [9.17, 15) is 0 Å². The second-order valence-corrected chi connectivity index (χ2v) is 9.05. The van der Waals surface area contributed by atoms with Gasteiger partial charge < -0.3 is 5.73 Å². The zero-order valence-electron chi connectivity index (χ0n) is 18.3. The van der Waals surface area contributed by atoms with E-state index in [-0.39, 0.29) is 0 Å². The summed E-state index contributed by atoms with van der Waals surface area (Å²) in [5.74, 6) is 2.82. The molecule has 158 valence electrons. The number of anilines is 1. The van der Waals surface area contributed by atoms with Gasteiger partial charge in [0.2, 0.25) is 0 Å². The van der Waals surface area contributed by atoms with E-state index < -0.39 is 0 Å². The van der Waals surface area contributed by atoms with Gasteiger partial charge in [-0.1, -0.05) is 49.4 Å². The summed E-state index contributed by atoms with van der Waals surface area (Å²) in [7, 11) is 0. The highest BCUT2D eigenvalue weighted by atomic mass is 15.1. The fraction of sp³-hybridized carbons (Fsp3) is 0.222. The average Bonchev–Trinajstić information content (AvgIpc) is 3.18. The molecule has 32 heavy (non-hydrogen) atoms. The number of nitrogen functional groups attached to an aromatic ring is 1. The van der Waals surface area contributed by atoms with Crippen LogP contribution in [-0.4, -0.2) is 19.4 Å². The maximum absolute atomic E-state index is 6.34. The molecule has 3 heterocycles. The Morgan fingerprint density at radius 2 is 1.78 bits per heavy atom. The van der Waals surface area contributed by atoms with Crippen molar-refractivity contribution in [2.24, 2.45) is 5.92 Å². The minimum atomic E-state index is 0.471. The smallest absolute Gasteiger partial charge is 0.150 e. The minimum absolute atomic E-state index is 0.471. The van der Waals surface area contributed by atoms with Crippen molar-refractivity contribution >= 4 is 22.2 Å². The number of nitrogens with two attached hydrogens (primary N) is 1. The van der Waals surface area contributed by atoms with Gasteiger partial charge in [0.25, 0.3) is 0 Å². The molecule has 6 rings (SSSR count). The molecule has 0 radical (unpaired) electrons. The van der Waals surface area contributed by atoms with E-state index in [1.165, 1.54) is 18.4 Å². The van der Waals surface area contributed by atoms with E-state index in [0.717, 1.165) is 50.7 Å². The lowest BCUT2D eigenvalue weighted by molar-refractivity contribution is 0.277. The summed E-state index contributed by atoms with van der Waals surface area (Å²) < 4.78 is 2.14. The first-order valence-electron chi connectivity index (χ1n) is 11.2. The summed E-state index contributed by atoms with van der Waals surface area (Å²) in [6, 6.07) is 18.9. The third kappa shape index (κ3) is 2.96. The SMILES string of the molecule is Cc1cc(-c2ccccc2)nc2cc(-c3nc(C4CC(C)C4)n4ccnc(N)c34)ccc12. The fourth-order valence-electron chi connectivity index (χ4n) is 5.00. The molecule has 0 spiro atoms.